The number of sulfonamides is 1. The number of thiophene rings is 1. The number of amides is 1. The third kappa shape index (κ3) is 3.92. The van der Waals surface area contributed by atoms with Gasteiger partial charge in [0.25, 0.3) is 0 Å². The Labute approximate surface area is 187 Å². The molecule has 0 bridgehead atoms. The Bertz CT molecular complexity index is 1340. The third-order valence-corrected chi connectivity index (χ3v) is 8.04. The van der Waals surface area contributed by atoms with Crippen LogP contribution in [0.2, 0.25) is 0 Å². The lowest BCUT2D eigenvalue weighted by Gasteiger charge is -2.33. The summed E-state index contributed by atoms with van der Waals surface area (Å²) in [5.74, 6) is 0.863. The molecule has 4 aromatic heterocycles. The molecule has 0 unspecified atom stereocenters. The molecule has 1 aliphatic heterocycles. The molecule has 1 saturated heterocycles. The predicted molar refractivity (Wildman–Crippen MR) is 117 cm³/mol. The van der Waals surface area contributed by atoms with E-state index in [1.54, 1.807) is 34.6 Å². The molecule has 1 N–H and O–H groups in total. The van der Waals surface area contributed by atoms with E-state index in [1.165, 1.54) is 10.5 Å². The molecule has 5 heterocycles. The maximum Gasteiger partial charge on any atom is 0.245 e. The van der Waals surface area contributed by atoms with Gasteiger partial charge in [-0.15, -0.1) is 0 Å². The highest BCUT2D eigenvalue weighted by Gasteiger charge is 2.32. The lowest BCUT2D eigenvalue weighted by atomic mass is 10.2. The van der Waals surface area contributed by atoms with Crippen molar-refractivity contribution in [1.29, 1.82) is 0 Å². The van der Waals surface area contributed by atoms with Gasteiger partial charge in [0.1, 0.15) is 10.5 Å². The Hall–Kier alpha value is -3.09. The van der Waals surface area contributed by atoms with Crippen LogP contribution >= 0.6 is 11.3 Å². The lowest BCUT2D eigenvalue weighted by molar-refractivity contribution is -0.132. The summed E-state index contributed by atoms with van der Waals surface area (Å²) in [5, 5.41) is 8.38. The van der Waals surface area contributed by atoms with Gasteiger partial charge in [0, 0.05) is 67.7 Å². The van der Waals surface area contributed by atoms with E-state index in [4.69, 9.17) is 4.52 Å². The molecule has 1 aliphatic rings. The maximum atomic E-state index is 13.1. The van der Waals surface area contributed by atoms with Gasteiger partial charge in [0.15, 0.2) is 0 Å². The fourth-order valence-electron chi connectivity index (χ4n) is 3.70. The summed E-state index contributed by atoms with van der Waals surface area (Å²) in [4.78, 5) is 25.9. The molecule has 32 heavy (non-hydrogen) atoms. The van der Waals surface area contributed by atoms with E-state index in [0.29, 0.717) is 42.3 Å². The SMILES string of the molecule is O=C(CCc1nc(-c2ccsc2)no1)N1CCN(S(=O)(=O)c2c[nH]c3ncccc23)CC1. The average Bonchev–Trinajstić information content (AvgIpc) is 3.58. The van der Waals surface area contributed by atoms with Crippen LogP contribution in [0.4, 0.5) is 0 Å². The number of carbonyl (C=O) groups is 1. The zero-order valence-electron chi connectivity index (χ0n) is 17.0. The summed E-state index contributed by atoms with van der Waals surface area (Å²) in [6.45, 7) is 1.15. The monoisotopic (exact) mass is 472 g/mol. The first-order valence-electron chi connectivity index (χ1n) is 10.1. The fourth-order valence-corrected chi connectivity index (χ4v) is 5.91. The molecule has 166 valence electrons. The van der Waals surface area contributed by atoms with Gasteiger partial charge in [0.2, 0.25) is 27.6 Å². The molecule has 0 aromatic carbocycles. The zero-order valence-corrected chi connectivity index (χ0v) is 18.6. The number of hydrogen-bond acceptors (Lipinski definition) is 8. The first kappa shape index (κ1) is 20.8. The first-order valence-corrected chi connectivity index (χ1v) is 12.5. The van der Waals surface area contributed by atoms with Crippen LogP contribution in [0, 0.1) is 0 Å². The van der Waals surface area contributed by atoms with E-state index in [0.717, 1.165) is 5.56 Å². The summed E-state index contributed by atoms with van der Waals surface area (Å²) in [7, 11) is -3.68. The number of H-pyrrole nitrogens is 1. The van der Waals surface area contributed by atoms with Crippen LogP contribution in [-0.4, -0.2) is 69.8 Å². The van der Waals surface area contributed by atoms with Crippen LogP contribution in [0.3, 0.4) is 0 Å². The number of pyridine rings is 1. The Morgan fingerprint density at radius 2 is 2.06 bits per heavy atom. The topological polar surface area (TPSA) is 125 Å². The predicted octanol–water partition coefficient (Wildman–Crippen LogP) is 2.14. The summed E-state index contributed by atoms with van der Waals surface area (Å²) in [5.41, 5.74) is 1.42. The molecule has 0 spiro atoms. The van der Waals surface area contributed by atoms with E-state index < -0.39 is 10.0 Å². The highest BCUT2D eigenvalue weighted by atomic mass is 32.2. The average molecular weight is 473 g/mol. The largest absolute Gasteiger partial charge is 0.345 e. The van der Waals surface area contributed by atoms with Crippen molar-refractivity contribution in [3.05, 3.63) is 47.2 Å². The molecule has 10 nitrogen and oxygen atoms in total. The van der Waals surface area contributed by atoms with Crippen molar-refractivity contribution < 1.29 is 17.7 Å². The van der Waals surface area contributed by atoms with E-state index >= 15 is 0 Å². The number of rotatable bonds is 6. The number of aromatic nitrogens is 4. The second-order valence-corrected chi connectivity index (χ2v) is 10.0. The number of nitrogens with one attached hydrogen (secondary N) is 1. The van der Waals surface area contributed by atoms with E-state index in [9.17, 15) is 13.2 Å². The van der Waals surface area contributed by atoms with Crippen LogP contribution < -0.4 is 0 Å². The fraction of sp³-hybridized carbons (Fsp3) is 0.300. The second-order valence-electron chi connectivity index (χ2n) is 7.36. The Balaban J connectivity index is 1.18. The van der Waals surface area contributed by atoms with Gasteiger partial charge in [-0.1, -0.05) is 5.16 Å². The van der Waals surface area contributed by atoms with Gasteiger partial charge in [-0.05, 0) is 23.6 Å². The Morgan fingerprint density at radius 3 is 2.84 bits per heavy atom. The summed E-state index contributed by atoms with van der Waals surface area (Å²) in [6.07, 6.45) is 3.65. The minimum atomic E-state index is -3.68. The van der Waals surface area contributed by atoms with E-state index in [1.807, 2.05) is 16.8 Å². The normalized spacial score (nSPS) is 15.4. The molecular formula is C20H20N6O4S2. The molecule has 5 rings (SSSR count). The molecule has 0 radical (unpaired) electrons. The number of nitrogens with zero attached hydrogens (tertiary/aromatic N) is 5. The number of fused-ring (bicyclic) bond motifs is 1. The molecule has 0 aliphatic carbocycles. The highest BCUT2D eigenvalue weighted by Crippen LogP contribution is 2.25. The number of aryl methyl sites for hydroxylation is 1. The molecule has 0 saturated carbocycles. The van der Waals surface area contributed by atoms with Crippen molar-refractivity contribution in [3.8, 4) is 11.4 Å². The lowest BCUT2D eigenvalue weighted by Crippen LogP contribution is -2.50. The Morgan fingerprint density at radius 1 is 1.22 bits per heavy atom. The van der Waals surface area contributed by atoms with E-state index in [-0.39, 0.29) is 30.3 Å². The summed E-state index contributed by atoms with van der Waals surface area (Å²) in [6, 6.07) is 5.34. The van der Waals surface area contributed by atoms with Crippen LogP contribution in [-0.2, 0) is 21.2 Å². The quantitative estimate of drug-likeness (QED) is 0.456. The van der Waals surface area contributed by atoms with Gasteiger partial charge in [-0.25, -0.2) is 13.4 Å². The van der Waals surface area contributed by atoms with Crippen molar-refractivity contribution in [2.45, 2.75) is 17.7 Å². The molecule has 4 aromatic rings. The van der Waals surface area contributed by atoms with Crippen LogP contribution in [0.25, 0.3) is 22.4 Å². The van der Waals surface area contributed by atoms with Crippen LogP contribution in [0.5, 0.6) is 0 Å². The number of aromatic amines is 1. The van der Waals surface area contributed by atoms with Crippen molar-refractivity contribution >= 4 is 38.3 Å². The number of carbonyl (C=O) groups excluding carboxylic acids is 1. The highest BCUT2D eigenvalue weighted by molar-refractivity contribution is 7.89. The van der Waals surface area contributed by atoms with Gasteiger partial charge in [-0.3, -0.25) is 4.79 Å². The van der Waals surface area contributed by atoms with Crippen molar-refractivity contribution in [2.75, 3.05) is 26.2 Å². The summed E-state index contributed by atoms with van der Waals surface area (Å²) < 4.78 is 32.9. The maximum absolute atomic E-state index is 13.1. The number of hydrogen-bond donors (Lipinski definition) is 1. The molecule has 0 atom stereocenters. The van der Waals surface area contributed by atoms with Crippen LogP contribution in [0.1, 0.15) is 12.3 Å². The first-order chi connectivity index (χ1) is 15.5. The van der Waals surface area contributed by atoms with Crippen molar-refractivity contribution in [3.63, 3.8) is 0 Å². The minimum Gasteiger partial charge on any atom is -0.345 e. The molecule has 1 amide bonds. The third-order valence-electron chi connectivity index (χ3n) is 5.42. The van der Waals surface area contributed by atoms with Crippen molar-refractivity contribution in [1.82, 2.24) is 29.3 Å². The van der Waals surface area contributed by atoms with Gasteiger partial charge in [-0.2, -0.15) is 20.6 Å². The second kappa shape index (κ2) is 8.45. The summed E-state index contributed by atoms with van der Waals surface area (Å²) >= 11 is 1.55. The van der Waals surface area contributed by atoms with Gasteiger partial charge >= 0.3 is 0 Å². The van der Waals surface area contributed by atoms with Crippen molar-refractivity contribution in [2.24, 2.45) is 0 Å². The van der Waals surface area contributed by atoms with Gasteiger partial charge < -0.3 is 14.4 Å². The number of piperazine rings is 1. The molecule has 12 heteroatoms. The minimum absolute atomic E-state index is 0.0615. The van der Waals surface area contributed by atoms with Crippen LogP contribution in [0.15, 0.2) is 50.8 Å². The van der Waals surface area contributed by atoms with E-state index in [2.05, 4.69) is 20.1 Å². The zero-order chi connectivity index (χ0) is 22.1. The Kier molecular flexibility index (Phi) is 5.49. The smallest absolute Gasteiger partial charge is 0.245 e. The molecular weight excluding hydrogens is 452 g/mol. The molecule has 1 fully saturated rings. The van der Waals surface area contributed by atoms with Gasteiger partial charge in [0.05, 0.1) is 0 Å². The standard InChI is InChI=1S/C20H20N6O4S2/c27-18(4-3-17-23-19(24-30-17)14-5-11-31-13-14)25-7-9-26(10-8-25)32(28,29)16-12-22-20-15(16)2-1-6-21-20/h1-2,5-6,11-13H,3-4,7-10H2,(H,21,22).